The summed E-state index contributed by atoms with van der Waals surface area (Å²) in [6.45, 7) is 0. The fourth-order valence-electron chi connectivity index (χ4n) is 3.86. The first kappa shape index (κ1) is 21.9. The number of H-pyrrole nitrogens is 1. The summed E-state index contributed by atoms with van der Waals surface area (Å²) >= 11 is 5.94. The van der Waals surface area contributed by atoms with Crippen LogP contribution >= 0.6 is 11.6 Å². The summed E-state index contributed by atoms with van der Waals surface area (Å²) in [5, 5.41) is 3.69. The largest absolute Gasteiger partial charge is 0.349 e. The number of rotatable bonds is 5. The molecule has 0 spiro atoms. The minimum Gasteiger partial charge on any atom is -0.349 e. The summed E-state index contributed by atoms with van der Waals surface area (Å²) < 4.78 is 27.1. The number of halogens is 1. The molecule has 5 aromatic rings. The van der Waals surface area contributed by atoms with Gasteiger partial charge in [0.2, 0.25) is 9.84 Å². The van der Waals surface area contributed by atoms with Gasteiger partial charge in [-0.25, -0.2) is 8.42 Å². The predicted molar refractivity (Wildman–Crippen MR) is 135 cm³/mol. The van der Waals surface area contributed by atoms with E-state index in [9.17, 15) is 13.2 Å². The number of aromatic amines is 1. The second-order valence-electron chi connectivity index (χ2n) is 7.73. The Bertz CT molecular complexity index is 1590. The molecule has 4 aromatic carbocycles. The second kappa shape index (κ2) is 8.82. The molecule has 1 heterocycles. The van der Waals surface area contributed by atoms with Crippen LogP contribution in [0.2, 0.25) is 5.02 Å². The topological polar surface area (TPSA) is 79.0 Å². The number of sulfone groups is 1. The van der Waals surface area contributed by atoms with Crippen LogP contribution in [0, 0.1) is 0 Å². The highest BCUT2D eigenvalue weighted by atomic mass is 35.5. The van der Waals surface area contributed by atoms with E-state index in [1.807, 2.05) is 42.5 Å². The molecule has 0 saturated heterocycles. The third-order valence-electron chi connectivity index (χ3n) is 5.53. The lowest BCUT2D eigenvalue weighted by Gasteiger charge is -2.09. The van der Waals surface area contributed by atoms with Crippen molar-refractivity contribution in [2.24, 2.45) is 0 Å². The van der Waals surface area contributed by atoms with Gasteiger partial charge in [0.1, 0.15) is 10.6 Å². The van der Waals surface area contributed by atoms with E-state index in [2.05, 4.69) is 10.3 Å². The van der Waals surface area contributed by atoms with E-state index in [1.54, 1.807) is 36.4 Å². The molecule has 0 saturated carbocycles. The Balaban J connectivity index is 1.53. The molecule has 5 rings (SSSR count). The van der Waals surface area contributed by atoms with Gasteiger partial charge in [0.05, 0.1) is 4.90 Å². The Kier molecular flexibility index (Phi) is 5.69. The van der Waals surface area contributed by atoms with Crippen molar-refractivity contribution in [2.75, 3.05) is 5.32 Å². The highest BCUT2D eigenvalue weighted by Gasteiger charge is 2.29. The van der Waals surface area contributed by atoms with Crippen molar-refractivity contribution in [3.05, 3.63) is 114 Å². The summed E-state index contributed by atoms with van der Waals surface area (Å²) in [6, 6.07) is 30.1. The number of fused-ring (bicyclic) bond motifs is 1. The molecule has 1 amide bonds. The molecule has 0 radical (unpaired) electrons. The number of carbonyl (C=O) groups excluding carboxylic acids is 1. The first-order valence-electron chi connectivity index (χ1n) is 10.5. The molecule has 0 aliphatic heterocycles. The summed E-state index contributed by atoms with van der Waals surface area (Å²) in [7, 11) is -4.00. The maximum Gasteiger partial charge on any atom is 0.273 e. The highest BCUT2D eigenvalue weighted by Crippen LogP contribution is 2.33. The number of amides is 1. The van der Waals surface area contributed by atoms with Crippen molar-refractivity contribution in [1.82, 2.24) is 4.98 Å². The molecular formula is C27H19ClN2O3S. The molecule has 5 nitrogen and oxygen atoms in total. The van der Waals surface area contributed by atoms with E-state index >= 15 is 0 Å². The first-order chi connectivity index (χ1) is 16.4. The lowest BCUT2D eigenvalue weighted by atomic mass is 10.1. The standard InChI is InChI=1S/C27H19ClN2O3S/c28-20-12-16-22(17-13-20)34(32,33)26-23-8-4-5-9-24(23)30-25(26)27(31)29-21-14-10-19(11-15-21)18-6-2-1-3-7-18/h1-17,30H,(H,29,31). The van der Waals surface area contributed by atoms with Crippen LogP contribution in [0.15, 0.2) is 113 Å². The van der Waals surface area contributed by atoms with Gasteiger partial charge in [-0.2, -0.15) is 0 Å². The Hall–Kier alpha value is -3.87. The van der Waals surface area contributed by atoms with Crippen LogP contribution in [0.1, 0.15) is 10.5 Å². The van der Waals surface area contributed by atoms with Crippen LogP contribution < -0.4 is 5.32 Å². The molecular weight excluding hydrogens is 468 g/mol. The van der Waals surface area contributed by atoms with E-state index in [0.29, 0.717) is 21.6 Å². The SMILES string of the molecule is O=C(Nc1ccc(-c2ccccc2)cc1)c1[nH]c2ccccc2c1S(=O)(=O)c1ccc(Cl)cc1. The van der Waals surface area contributed by atoms with Crippen LogP contribution in [0.25, 0.3) is 22.0 Å². The zero-order valence-electron chi connectivity index (χ0n) is 17.8. The molecule has 7 heteroatoms. The van der Waals surface area contributed by atoms with Crippen LogP contribution in [0.3, 0.4) is 0 Å². The maximum absolute atomic E-state index is 13.6. The molecule has 1 aromatic heterocycles. The van der Waals surface area contributed by atoms with Crippen molar-refractivity contribution in [1.29, 1.82) is 0 Å². The lowest BCUT2D eigenvalue weighted by molar-refractivity contribution is 0.102. The molecule has 0 fully saturated rings. The summed E-state index contributed by atoms with van der Waals surface area (Å²) in [5.41, 5.74) is 3.16. The lowest BCUT2D eigenvalue weighted by Crippen LogP contribution is -2.16. The van der Waals surface area contributed by atoms with E-state index in [1.165, 1.54) is 24.3 Å². The Morgan fingerprint density at radius 3 is 2.06 bits per heavy atom. The van der Waals surface area contributed by atoms with E-state index in [0.717, 1.165) is 11.1 Å². The van der Waals surface area contributed by atoms with Gasteiger partial charge in [0, 0.05) is 21.6 Å². The Morgan fingerprint density at radius 2 is 1.35 bits per heavy atom. The first-order valence-corrected chi connectivity index (χ1v) is 12.4. The summed E-state index contributed by atoms with van der Waals surface area (Å²) in [4.78, 5) is 16.2. The minimum absolute atomic E-state index is 0.0247. The number of nitrogens with one attached hydrogen (secondary N) is 2. The van der Waals surface area contributed by atoms with Gasteiger partial charge < -0.3 is 10.3 Å². The fourth-order valence-corrected chi connectivity index (χ4v) is 5.59. The van der Waals surface area contributed by atoms with E-state index in [-0.39, 0.29) is 15.5 Å². The van der Waals surface area contributed by atoms with E-state index in [4.69, 9.17) is 11.6 Å². The van der Waals surface area contributed by atoms with Crippen LogP contribution in [0.5, 0.6) is 0 Å². The molecule has 0 bridgehead atoms. The van der Waals surface area contributed by atoms with Crippen molar-refractivity contribution in [3.8, 4) is 11.1 Å². The molecule has 0 atom stereocenters. The van der Waals surface area contributed by atoms with Crippen LogP contribution in [-0.2, 0) is 9.84 Å². The number of para-hydroxylation sites is 1. The number of aromatic nitrogens is 1. The van der Waals surface area contributed by atoms with Gasteiger partial charge in [0.25, 0.3) is 5.91 Å². The normalized spacial score (nSPS) is 11.4. The monoisotopic (exact) mass is 486 g/mol. The average Bonchev–Trinajstić information content (AvgIpc) is 3.26. The zero-order chi connectivity index (χ0) is 23.7. The third-order valence-corrected chi connectivity index (χ3v) is 7.63. The van der Waals surface area contributed by atoms with Crippen molar-refractivity contribution >= 4 is 43.9 Å². The fraction of sp³-hybridized carbons (Fsp3) is 0. The number of carbonyl (C=O) groups is 1. The van der Waals surface area contributed by atoms with Gasteiger partial charge in [-0.3, -0.25) is 4.79 Å². The molecule has 2 N–H and O–H groups in total. The van der Waals surface area contributed by atoms with Crippen molar-refractivity contribution < 1.29 is 13.2 Å². The smallest absolute Gasteiger partial charge is 0.273 e. The Morgan fingerprint density at radius 1 is 0.735 bits per heavy atom. The molecule has 34 heavy (non-hydrogen) atoms. The van der Waals surface area contributed by atoms with Crippen LogP contribution in [-0.4, -0.2) is 19.3 Å². The molecule has 168 valence electrons. The van der Waals surface area contributed by atoms with Gasteiger partial charge in [0.15, 0.2) is 0 Å². The average molecular weight is 487 g/mol. The summed E-state index contributed by atoms with van der Waals surface area (Å²) in [5.74, 6) is -0.545. The molecule has 0 aliphatic carbocycles. The van der Waals surface area contributed by atoms with Gasteiger partial charge in [-0.15, -0.1) is 0 Å². The number of benzene rings is 4. The van der Waals surface area contributed by atoms with Gasteiger partial charge in [-0.1, -0.05) is 72.3 Å². The summed E-state index contributed by atoms with van der Waals surface area (Å²) in [6.07, 6.45) is 0. The molecule has 0 aliphatic rings. The van der Waals surface area contributed by atoms with Crippen molar-refractivity contribution in [3.63, 3.8) is 0 Å². The van der Waals surface area contributed by atoms with Crippen molar-refractivity contribution in [2.45, 2.75) is 9.79 Å². The molecule has 0 unspecified atom stereocenters. The maximum atomic E-state index is 13.6. The number of hydrogen-bond acceptors (Lipinski definition) is 3. The van der Waals surface area contributed by atoms with Gasteiger partial charge in [-0.05, 0) is 53.6 Å². The van der Waals surface area contributed by atoms with Gasteiger partial charge >= 0.3 is 0 Å². The predicted octanol–water partition coefficient (Wildman–Crippen LogP) is 6.57. The third kappa shape index (κ3) is 4.09. The zero-order valence-corrected chi connectivity index (χ0v) is 19.4. The quantitative estimate of drug-likeness (QED) is 0.294. The highest BCUT2D eigenvalue weighted by molar-refractivity contribution is 7.91. The number of anilines is 1. The van der Waals surface area contributed by atoms with Crippen LogP contribution in [0.4, 0.5) is 5.69 Å². The number of hydrogen-bond donors (Lipinski definition) is 2. The Labute approximate surface area is 201 Å². The van der Waals surface area contributed by atoms with E-state index < -0.39 is 15.7 Å². The second-order valence-corrected chi connectivity index (χ2v) is 10.1. The minimum atomic E-state index is -4.00.